The maximum Gasteiger partial charge on any atom is 0.358 e. The van der Waals surface area contributed by atoms with E-state index in [2.05, 4.69) is 44.3 Å². The Bertz CT molecular complexity index is 1340. The number of hydrogen-bond donors (Lipinski definition) is 0. The highest BCUT2D eigenvalue weighted by Gasteiger charge is 2.28. The van der Waals surface area contributed by atoms with Gasteiger partial charge in [-0.3, -0.25) is 4.57 Å². The average Bonchev–Trinajstić information content (AvgIpc) is 3.36. The summed E-state index contributed by atoms with van der Waals surface area (Å²) in [5.74, 6) is 1.04. The van der Waals surface area contributed by atoms with E-state index in [1.54, 1.807) is 13.3 Å². The van der Waals surface area contributed by atoms with Crippen LogP contribution in [0.15, 0.2) is 48.8 Å². The van der Waals surface area contributed by atoms with E-state index in [1.807, 2.05) is 41.4 Å². The van der Waals surface area contributed by atoms with Crippen LogP contribution in [0.3, 0.4) is 0 Å². The van der Waals surface area contributed by atoms with Crippen molar-refractivity contribution in [3.05, 3.63) is 76.6 Å². The Morgan fingerprint density at radius 3 is 2.67 bits per heavy atom. The smallest absolute Gasteiger partial charge is 0.358 e. The predicted octanol–water partition coefficient (Wildman–Crippen LogP) is 3.98. The summed E-state index contributed by atoms with van der Waals surface area (Å²) in [5, 5.41) is 9.61. The number of esters is 1. The first-order valence-electron chi connectivity index (χ1n) is 10.7. The molecule has 3 heterocycles. The van der Waals surface area contributed by atoms with Gasteiger partial charge in [0.1, 0.15) is 12.2 Å². The summed E-state index contributed by atoms with van der Waals surface area (Å²) < 4.78 is 9.18. The quantitative estimate of drug-likeness (QED) is 0.368. The molecule has 2 aromatic heterocycles. The van der Waals surface area contributed by atoms with E-state index >= 15 is 0 Å². The second-order valence-corrected chi connectivity index (χ2v) is 8.49. The molecule has 0 aliphatic carbocycles. The Hall–Kier alpha value is -3.65. The molecule has 1 aliphatic rings. The van der Waals surface area contributed by atoms with Crippen LogP contribution in [-0.4, -0.2) is 51.0 Å². The zero-order valence-electron chi connectivity index (χ0n) is 18.6. The number of benzene rings is 2. The molecule has 0 saturated heterocycles. The van der Waals surface area contributed by atoms with Gasteiger partial charge in [0.2, 0.25) is 0 Å². The van der Waals surface area contributed by atoms with Crippen molar-refractivity contribution in [2.45, 2.75) is 19.9 Å². The van der Waals surface area contributed by atoms with E-state index < -0.39 is 5.97 Å². The van der Waals surface area contributed by atoms with Gasteiger partial charge >= 0.3 is 5.97 Å². The van der Waals surface area contributed by atoms with Gasteiger partial charge in [-0.05, 0) is 42.8 Å². The molecule has 5 rings (SSSR count). The summed E-state index contributed by atoms with van der Waals surface area (Å²) in [6, 6.07) is 13.9. The number of ether oxygens (including phenoxy) is 1. The molecule has 0 bridgehead atoms. The number of halogens is 1. The Kier molecular flexibility index (Phi) is 5.38. The summed E-state index contributed by atoms with van der Waals surface area (Å²) in [6.07, 6.45) is 2.24. The fraction of sp³-hybridized carbons (Fsp3) is 0.250. The van der Waals surface area contributed by atoms with Crippen LogP contribution in [0.5, 0.6) is 0 Å². The summed E-state index contributed by atoms with van der Waals surface area (Å²) in [7, 11) is 4.03. The lowest BCUT2D eigenvalue weighted by Gasteiger charge is -2.13. The van der Waals surface area contributed by atoms with Crippen molar-refractivity contribution in [1.29, 1.82) is 0 Å². The number of rotatable bonds is 5. The SMILES string of the molecule is CCOC(=O)c1ncn2c1Cn1c(Cc3ccc(N(C)C)cc3)nnc1-c1cc(Cl)ccc1-2. The normalized spacial score (nSPS) is 11.9. The first-order chi connectivity index (χ1) is 16.0. The van der Waals surface area contributed by atoms with Gasteiger partial charge in [-0.25, -0.2) is 9.78 Å². The van der Waals surface area contributed by atoms with Crippen molar-refractivity contribution in [2.24, 2.45) is 0 Å². The molecule has 0 saturated carbocycles. The highest BCUT2D eigenvalue weighted by molar-refractivity contribution is 6.31. The standard InChI is InChI=1S/C24H23ClN6O2/c1-4-33-24(32)22-20-13-30-21(11-15-5-8-17(9-6-15)29(2)3)27-28-23(30)18-12-16(25)7-10-19(18)31(20)14-26-22/h5-10,12,14H,4,11,13H2,1-3H3. The highest BCUT2D eigenvalue weighted by Crippen LogP contribution is 2.34. The fourth-order valence-electron chi connectivity index (χ4n) is 4.08. The Morgan fingerprint density at radius 1 is 1.15 bits per heavy atom. The fourth-order valence-corrected chi connectivity index (χ4v) is 4.25. The Morgan fingerprint density at radius 2 is 1.94 bits per heavy atom. The molecule has 0 spiro atoms. The van der Waals surface area contributed by atoms with E-state index in [0.717, 1.165) is 34.0 Å². The molecule has 0 unspecified atom stereocenters. The third-order valence-electron chi connectivity index (χ3n) is 5.74. The lowest BCUT2D eigenvalue weighted by Crippen LogP contribution is -2.14. The molecular formula is C24H23ClN6O2. The topological polar surface area (TPSA) is 78.1 Å². The zero-order chi connectivity index (χ0) is 23.1. The summed E-state index contributed by atoms with van der Waals surface area (Å²) in [4.78, 5) is 19.0. The van der Waals surface area contributed by atoms with Crippen LogP contribution >= 0.6 is 11.6 Å². The lowest BCUT2D eigenvalue weighted by atomic mass is 10.1. The minimum absolute atomic E-state index is 0.281. The van der Waals surface area contributed by atoms with Crippen LogP contribution in [0.2, 0.25) is 5.02 Å². The first-order valence-corrected chi connectivity index (χ1v) is 11.1. The van der Waals surface area contributed by atoms with Gasteiger partial charge in [-0.1, -0.05) is 23.7 Å². The van der Waals surface area contributed by atoms with E-state index in [9.17, 15) is 4.79 Å². The van der Waals surface area contributed by atoms with Crippen LogP contribution in [0.25, 0.3) is 17.1 Å². The second-order valence-electron chi connectivity index (χ2n) is 8.06. The summed E-state index contributed by atoms with van der Waals surface area (Å²) in [5.41, 5.74) is 4.93. The van der Waals surface area contributed by atoms with Gasteiger partial charge in [0.15, 0.2) is 11.5 Å². The molecule has 0 atom stereocenters. The molecule has 0 N–H and O–H groups in total. The third kappa shape index (κ3) is 3.76. The summed E-state index contributed by atoms with van der Waals surface area (Å²) >= 11 is 6.34. The molecule has 4 aromatic rings. The summed E-state index contributed by atoms with van der Waals surface area (Å²) in [6.45, 7) is 2.44. The van der Waals surface area contributed by atoms with Crippen LogP contribution < -0.4 is 4.90 Å². The number of nitrogens with zero attached hydrogens (tertiary/aromatic N) is 6. The van der Waals surface area contributed by atoms with E-state index in [1.165, 1.54) is 0 Å². The Balaban J connectivity index is 1.62. The van der Waals surface area contributed by atoms with Gasteiger partial charge in [-0.2, -0.15) is 0 Å². The van der Waals surface area contributed by atoms with E-state index in [-0.39, 0.29) is 6.61 Å². The van der Waals surface area contributed by atoms with Crippen LogP contribution in [-0.2, 0) is 17.7 Å². The maximum atomic E-state index is 12.6. The number of carbonyl (C=O) groups excluding carboxylic acids is 1. The van der Waals surface area contributed by atoms with Crippen LogP contribution in [0.4, 0.5) is 5.69 Å². The molecule has 33 heavy (non-hydrogen) atoms. The highest BCUT2D eigenvalue weighted by atomic mass is 35.5. The minimum Gasteiger partial charge on any atom is -0.461 e. The number of aromatic nitrogens is 5. The number of imidazole rings is 1. The molecule has 1 aliphatic heterocycles. The number of fused-ring (bicyclic) bond motifs is 5. The lowest BCUT2D eigenvalue weighted by molar-refractivity contribution is 0.0518. The number of carbonyl (C=O) groups is 1. The largest absolute Gasteiger partial charge is 0.461 e. The molecule has 2 aromatic carbocycles. The maximum absolute atomic E-state index is 12.6. The van der Waals surface area contributed by atoms with Crippen molar-refractivity contribution in [2.75, 3.05) is 25.6 Å². The second kappa shape index (κ2) is 8.37. The molecule has 0 amide bonds. The van der Waals surface area contributed by atoms with Crippen molar-refractivity contribution in [3.8, 4) is 17.1 Å². The van der Waals surface area contributed by atoms with Crippen LogP contribution in [0, 0.1) is 0 Å². The Labute approximate surface area is 196 Å². The molecule has 168 valence electrons. The molecule has 8 nitrogen and oxygen atoms in total. The van der Waals surface area contributed by atoms with Crippen molar-refractivity contribution in [3.63, 3.8) is 0 Å². The van der Waals surface area contributed by atoms with Gasteiger partial charge in [0.05, 0.1) is 24.5 Å². The molecule has 0 radical (unpaired) electrons. The van der Waals surface area contributed by atoms with E-state index in [4.69, 9.17) is 16.3 Å². The van der Waals surface area contributed by atoms with Gasteiger partial charge in [-0.15, -0.1) is 10.2 Å². The van der Waals surface area contributed by atoms with Crippen molar-refractivity contribution < 1.29 is 9.53 Å². The minimum atomic E-state index is -0.445. The van der Waals surface area contributed by atoms with Gasteiger partial charge < -0.3 is 14.2 Å². The van der Waals surface area contributed by atoms with Crippen molar-refractivity contribution >= 4 is 23.3 Å². The first kappa shape index (κ1) is 21.2. The molecule has 0 fully saturated rings. The predicted molar refractivity (Wildman–Crippen MR) is 126 cm³/mol. The van der Waals surface area contributed by atoms with Gasteiger partial charge in [0.25, 0.3) is 0 Å². The van der Waals surface area contributed by atoms with E-state index in [0.29, 0.717) is 29.5 Å². The third-order valence-corrected chi connectivity index (χ3v) is 5.98. The molecular weight excluding hydrogens is 440 g/mol. The zero-order valence-corrected chi connectivity index (χ0v) is 19.4. The number of anilines is 1. The molecule has 9 heteroatoms. The van der Waals surface area contributed by atoms with Crippen molar-refractivity contribution in [1.82, 2.24) is 24.3 Å². The monoisotopic (exact) mass is 462 g/mol. The average molecular weight is 463 g/mol. The number of hydrogen-bond acceptors (Lipinski definition) is 6. The van der Waals surface area contributed by atoms with Crippen LogP contribution in [0.1, 0.15) is 34.5 Å². The van der Waals surface area contributed by atoms with Gasteiger partial charge in [0, 0.05) is 36.8 Å².